The van der Waals surface area contributed by atoms with Gasteiger partial charge in [0, 0.05) is 6.04 Å². The highest BCUT2D eigenvalue weighted by atomic mass is 19.1. The number of rotatable bonds is 5. The van der Waals surface area contributed by atoms with Crippen LogP contribution in [0.3, 0.4) is 0 Å². The Labute approximate surface area is 104 Å². The van der Waals surface area contributed by atoms with Gasteiger partial charge in [0.2, 0.25) is 0 Å². The van der Waals surface area contributed by atoms with Gasteiger partial charge in [-0.3, -0.25) is 0 Å². The van der Waals surface area contributed by atoms with Gasteiger partial charge < -0.3 is 5.73 Å². The van der Waals surface area contributed by atoms with Crippen molar-refractivity contribution in [2.75, 3.05) is 0 Å². The van der Waals surface area contributed by atoms with Crippen LogP contribution in [0.2, 0.25) is 0 Å². The topological polar surface area (TPSA) is 26.0 Å². The Kier molecular flexibility index (Phi) is 5.13. The van der Waals surface area contributed by atoms with Gasteiger partial charge in [-0.15, -0.1) is 0 Å². The number of nitrogens with two attached hydrogens (primary N) is 1. The van der Waals surface area contributed by atoms with E-state index in [2.05, 4.69) is 20.8 Å². The molecule has 0 spiro atoms. The summed E-state index contributed by atoms with van der Waals surface area (Å²) in [7, 11) is 0. The zero-order valence-corrected chi connectivity index (χ0v) is 11.3. The van der Waals surface area contributed by atoms with Crippen LogP contribution in [0.5, 0.6) is 0 Å². The molecule has 1 nitrogen and oxygen atoms in total. The molecule has 0 radical (unpaired) electrons. The first-order valence-electron chi connectivity index (χ1n) is 6.41. The largest absolute Gasteiger partial charge is 0.324 e. The van der Waals surface area contributed by atoms with Crippen LogP contribution in [0.4, 0.5) is 4.39 Å². The minimum atomic E-state index is -0.158. The Morgan fingerprint density at radius 1 is 1.18 bits per heavy atom. The molecule has 0 saturated heterocycles. The molecule has 0 aliphatic carbocycles. The molecule has 0 bridgehead atoms. The summed E-state index contributed by atoms with van der Waals surface area (Å²) in [6.07, 6.45) is 2.09. The first-order chi connectivity index (χ1) is 7.90. The predicted octanol–water partition coefficient (Wildman–Crippen LogP) is 4.21. The maximum absolute atomic E-state index is 13.4. The molecular weight excluding hydrogens is 213 g/mol. The number of benzene rings is 1. The van der Waals surface area contributed by atoms with E-state index in [0.29, 0.717) is 17.4 Å². The summed E-state index contributed by atoms with van der Waals surface area (Å²) in [6, 6.07) is 5.25. The number of hydrogen-bond donors (Lipinski definition) is 1. The Bertz CT molecular complexity index is 360. The summed E-state index contributed by atoms with van der Waals surface area (Å²) < 4.78 is 13.4. The fourth-order valence-corrected chi connectivity index (χ4v) is 2.31. The van der Waals surface area contributed by atoms with Crippen molar-refractivity contribution >= 4 is 0 Å². The monoisotopic (exact) mass is 237 g/mol. The van der Waals surface area contributed by atoms with Crippen molar-refractivity contribution in [2.45, 2.75) is 46.6 Å². The zero-order chi connectivity index (χ0) is 13.0. The molecule has 0 aliphatic heterocycles. The Balaban J connectivity index is 2.63. The van der Waals surface area contributed by atoms with E-state index in [1.807, 2.05) is 6.07 Å². The van der Waals surface area contributed by atoms with Crippen molar-refractivity contribution in [3.05, 3.63) is 35.1 Å². The van der Waals surface area contributed by atoms with Crippen LogP contribution in [0.1, 0.15) is 50.8 Å². The predicted molar refractivity (Wildman–Crippen MR) is 71.3 cm³/mol. The quantitative estimate of drug-likeness (QED) is 0.815. The lowest BCUT2D eigenvalue weighted by Gasteiger charge is -2.19. The van der Waals surface area contributed by atoms with Crippen LogP contribution in [0.25, 0.3) is 0 Å². The van der Waals surface area contributed by atoms with Gasteiger partial charge in [0.25, 0.3) is 0 Å². The van der Waals surface area contributed by atoms with E-state index in [1.54, 1.807) is 19.1 Å². The third-order valence-electron chi connectivity index (χ3n) is 3.15. The molecule has 0 aromatic heterocycles. The lowest BCUT2D eigenvalue weighted by Crippen LogP contribution is -2.15. The molecule has 0 amide bonds. The van der Waals surface area contributed by atoms with Gasteiger partial charge in [-0.2, -0.15) is 0 Å². The second-order valence-corrected chi connectivity index (χ2v) is 5.59. The normalized spacial score (nSPS) is 15.0. The second kappa shape index (κ2) is 6.15. The number of aryl methyl sites for hydroxylation is 1. The molecule has 1 aromatic rings. The smallest absolute Gasteiger partial charge is 0.126 e. The van der Waals surface area contributed by atoms with Crippen molar-refractivity contribution < 1.29 is 4.39 Å². The standard InChI is InChI=1S/C15H24FN/c1-10(2)7-11(3)8-15(17)13-6-5-12(4)14(16)9-13/h5-6,9-11,15H,7-8,17H2,1-4H3. The van der Waals surface area contributed by atoms with E-state index in [4.69, 9.17) is 5.73 Å². The zero-order valence-electron chi connectivity index (χ0n) is 11.3. The van der Waals surface area contributed by atoms with E-state index >= 15 is 0 Å². The Hall–Kier alpha value is -0.890. The third kappa shape index (κ3) is 4.47. The van der Waals surface area contributed by atoms with E-state index in [9.17, 15) is 4.39 Å². The summed E-state index contributed by atoms with van der Waals surface area (Å²) in [5.41, 5.74) is 7.71. The molecular formula is C15H24FN. The first kappa shape index (κ1) is 14.2. The van der Waals surface area contributed by atoms with Crippen LogP contribution in [0, 0.1) is 24.6 Å². The number of halogens is 1. The van der Waals surface area contributed by atoms with Gasteiger partial charge in [-0.25, -0.2) is 4.39 Å². The van der Waals surface area contributed by atoms with E-state index in [-0.39, 0.29) is 11.9 Å². The highest BCUT2D eigenvalue weighted by molar-refractivity contribution is 5.25. The van der Waals surface area contributed by atoms with Gasteiger partial charge in [0.15, 0.2) is 0 Å². The molecule has 17 heavy (non-hydrogen) atoms. The first-order valence-corrected chi connectivity index (χ1v) is 6.41. The molecule has 2 atom stereocenters. The summed E-state index contributed by atoms with van der Waals surface area (Å²) in [5, 5.41) is 0. The molecule has 0 saturated carbocycles. The van der Waals surface area contributed by atoms with Crippen molar-refractivity contribution in [3.8, 4) is 0 Å². The van der Waals surface area contributed by atoms with Gasteiger partial charge in [-0.1, -0.05) is 32.9 Å². The average molecular weight is 237 g/mol. The summed E-state index contributed by atoms with van der Waals surface area (Å²) in [4.78, 5) is 0. The molecule has 0 aliphatic rings. The molecule has 0 fully saturated rings. The average Bonchev–Trinajstić information content (AvgIpc) is 2.20. The van der Waals surface area contributed by atoms with E-state index in [0.717, 1.165) is 12.0 Å². The van der Waals surface area contributed by atoms with Crippen LogP contribution in [-0.2, 0) is 0 Å². The van der Waals surface area contributed by atoms with Gasteiger partial charge >= 0.3 is 0 Å². The van der Waals surface area contributed by atoms with Crippen molar-refractivity contribution in [2.24, 2.45) is 17.6 Å². The van der Waals surface area contributed by atoms with Crippen LogP contribution in [-0.4, -0.2) is 0 Å². The second-order valence-electron chi connectivity index (χ2n) is 5.59. The maximum atomic E-state index is 13.4. The molecule has 2 unspecified atom stereocenters. The van der Waals surface area contributed by atoms with Crippen LogP contribution < -0.4 is 5.73 Å². The van der Waals surface area contributed by atoms with E-state index in [1.165, 1.54) is 6.42 Å². The highest BCUT2D eigenvalue weighted by Crippen LogP contribution is 2.24. The minimum absolute atomic E-state index is 0.0566. The molecule has 1 rings (SSSR count). The highest BCUT2D eigenvalue weighted by Gasteiger charge is 2.13. The Morgan fingerprint density at radius 3 is 2.35 bits per heavy atom. The Morgan fingerprint density at radius 2 is 1.82 bits per heavy atom. The lowest BCUT2D eigenvalue weighted by atomic mass is 9.90. The summed E-state index contributed by atoms with van der Waals surface area (Å²) in [6.45, 7) is 8.41. The van der Waals surface area contributed by atoms with Crippen LogP contribution >= 0.6 is 0 Å². The molecule has 0 heterocycles. The third-order valence-corrected chi connectivity index (χ3v) is 3.15. The maximum Gasteiger partial charge on any atom is 0.126 e. The SMILES string of the molecule is Cc1ccc(C(N)CC(C)CC(C)C)cc1F. The molecule has 2 heteroatoms. The number of hydrogen-bond acceptors (Lipinski definition) is 1. The fourth-order valence-electron chi connectivity index (χ4n) is 2.31. The summed E-state index contributed by atoms with van der Waals surface area (Å²) in [5.74, 6) is 1.11. The lowest BCUT2D eigenvalue weighted by molar-refractivity contribution is 0.387. The van der Waals surface area contributed by atoms with Crippen molar-refractivity contribution in [1.29, 1.82) is 0 Å². The van der Waals surface area contributed by atoms with Gasteiger partial charge in [-0.05, 0) is 48.8 Å². The van der Waals surface area contributed by atoms with Gasteiger partial charge in [0.1, 0.15) is 5.82 Å². The van der Waals surface area contributed by atoms with Crippen molar-refractivity contribution in [1.82, 2.24) is 0 Å². The van der Waals surface area contributed by atoms with Gasteiger partial charge in [0.05, 0.1) is 0 Å². The molecule has 2 N–H and O–H groups in total. The fraction of sp³-hybridized carbons (Fsp3) is 0.600. The van der Waals surface area contributed by atoms with Crippen molar-refractivity contribution in [3.63, 3.8) is 0 Å². The van der Waals surface area contributed by atoms with Crippen LogP contribution in [0.15, 0.2) is 18.2 Å². The molecule has 1 aromatic carbocycles. The van der Waals surface area contributed by atoms with E-state index < -0.39 is 0 Å². The minimum Gasteiger partial charge on any atom is -0.324 e. The molecule has 96 valence electrons. The summed E-state index contributed by atoms with van der Waals surface area (Å²) >= 11 is 0.